The summed E-state index contributed by atoms with van der Waals surface area (Å²) >= 11 is 0. The van der Waals surface area contributed by atoms with Crippen molar-refractivity contribution in [3.05, 3.63) is 0 Å². The van der Waals surface area contributed by atoms with Gasteiger partial charge < -0.3 is 5.11 Å². The number of hydrogen-bond donors (Lipinski definition) is 1. The van der Waals surface area contributed by atoms with Crippen LogP contribution in [-0.2, 0) is 29.2 Å². The lowest BCUT2D eigenvalue weighted by Gasteiger charge is -2.33. The molecule has 0 spiro atoms. The second-order valence-corrected chi connectivity index (χ2v) is 2.94. The molecule has 116 valence electrons. The maximum atomic E-state index is 13.1. The molecule has 20 heavy (non-hydrogen) atoms. The van der Waals surface area contributed by atoms with Crippen molar-refractivity contribution < 1.29 is 65.5 Å². The van der Waals surface area contributed by atoms with Gasteiger partial charge in [0, 0.05) is 9.05 Å². The maximum absolute atomic E-state index is 13.1. The molecule has 0 heterocycles. The van der Waals surface area contributed by atoms with Crippen molar-refractivity contribution in [3.63, 3.8) is 0 Å². The molecule has 0 saturated carbocycles. The third kappa shape index (κ3) is 2.10. The van der Waals surface area contributed by atoms with Crippen LogP contribution in [0.1, 0.15) is 0 Å². The van der Waals surface area contributed by atoms with Crippen LogP contribution in [0.2, 0.25) is 0 Å². The Morgan fingerprint density at radius 3 is 1.45 bits per heavy atom. The fourth-order valence-electron chi connectivity index (χ4n) is 0.979. The van der Waals surface area contributed by atoms with E-state index < -0.39 is 35.4 Å². The minimum absolute atomic E-state index is 1.80. The van der Waals surface area contributed by atoms with E-state index in [0.29, 0.717) is 0 Å². The lowest BCUT2D eigenvalue weighted by molar-refractivity contribution is -0.365. The molecule has 0 saturated heterocycles. The highest BCUT2D eigenvalue weighted by atomic mass is 19.3. The topological polar surface area (TPSA) is 99.1 Å². The number of aliphatic carboxylic acids is 1. The Morgan fingerprint density at radius 2 is 1.20 bits per heavy atom. The first kappa shape index (κ1) is 17.9. The largest absolute Gasteiger partial charge is 0.477 e. The minimum atomic E-state index is -6.32. The average molecular weight is 318 g/mol. The first-order valence-corrected chi connectivity index (χ1v) is 3.92. The monoisotopic (exact) mass is 318 g/mol. The Balaban J connectivity index is 6.43. The summed E-state index contributed by atoms with van der Waals surface area (Å²) in [5.41, 5.74) is -6.00. The van der Waals surface area contributed by atoms with E-state index >= 15 is 0 Å². The van der Waals surface area contributed by atoms with Gasteiger partial charge in [0.2, 0.25) is 0 Å². The molecule has 0 radical (unpaired) electrons. The van der Waals surface area contributed by atoms with E-state index in [-0.39, 0.29) is 0 Å². The van der Waals surface area contributed by atoms with E-state index in [4.69, 9.17) is 5.11 Å². The number of halogens is 7. The van der Waals surface area contributed by atoms with Crippen molar-refractivity contribution in [2.24, 2.45) is 0 Å². The molecule has 1 N–H and O–H groups in total. The molecule has 0 aromatic heterocycles. The van der Waals surface area contributed by atoms with Gasteiger partial charge in [-0.25, -0.2) is 19.3 Å². The van der Waals surface area contributed by atoms with Crippen molar-refractivity contribution in [3.8, 4) is 0 Å². The van der Waals surface area contributed by atoms with Gasteiger partial charge in [-0.1, -0.05) is 0 Å². The normalized spacial score (nSPS) is 15.2. The molecule has 7 nitrogen and oxygen atoms in total. The van der Waals surface area contributed by atoms with Crippen LogP contribution in [-0.4, -0.2) is 40.5 Å². The van der Waals surface area contributed by atoms with Gasteiger partial charge in [-0.05, 0) is 4.53 Å². The number of carbonyl (C=O) groups excluding carboxylic acids is 2. The van der Waals surface area contributed by atoms with Gasteiger partial charge >= 0.3 is 35.4 Å². The Kier molecular flexibility index (Phi) is 4.90. The third-order valence-corrected chi connectivity index (χ3v) is 1.95. The van der Waals surface area contributed by atoms with Crippen LogP contribution in [0.3, 0.4) is 0 Å². The molecule has 0 aliphatic rings. The molecule has 0 aliphatic heterocycles. The van der Waals surface area contributed by atoms with E-state index in [9.17, 15) is 45.5 Å². The number of carbonyl (C=O) groups is 3. The molecule has 1 unspecified atom stereocenters. The fraction of sp³-hybridized carbons (Fsp3) is 0.500. The summed E-state index contributed by atoms with van der Waals surface area (Å²) in [6.45, 7) is 0. The molecule has 0 aromatic rings. The summed E-state index contributed by atoms with van der Waals surface area (Å²) in [6, 6.07) is 0. The molecular formula is C6HF7O7. The predicted molar refractivity (Wildman–Crippen MR) is 36.9 cm³/mol. The molecule has 0 rings (SSSR count). The van der Waals surface area contributed by atoms with Gasteiger partial charge in [-0.15, -0.1) is 0 Å². The SMILES string of the molecule is O=C(O)C(F)(F)C(OF)(C(=O)OF)C(F)(F)C(=O)OF. The number of carboxylic acid groups (broad SMARTS) is 1. The smallest absolute Gasteiger partial charge is 0.421 e. The van der Waals surface area contributed by atoms with Gasteiger partial charge in [0.1, 0.15) is 0 Å². The van der Waals surface area contributed by atoms with Crippen LogP contribution >= 0.6 is 0 Å². The molecule has 0 aromatic carbocycles. The molecule has 0 fully saturated rings. The summed E-state index contributed by atoms with van der Waals surface area (Å²) in [6.07, 6.45) is 0. The zero-order chi connectivity index (χ0) is 16.4. The first-order chi connectivity index (χ1) is 8.97. The summed E-state index contributed by atoms with van der Waals surface area (Å²) in [5, 5.41) is 7.96. The van der Waals surface area contributed by atoms with E-state index in [1.165, 1.54) is 0 Å². The van der Waals surface area contributed by atoms with Gasteiger partial charge in [-0.3, -0.25) is 4.94 Å². The number of hydrogen-bond acceptors (Lipinski definition) is 6. The highest BCUT2D eigenvalue weighted by Gasteiger charge is 2.84. The lowest BCUT2D eigenvalue weighted by Crippen LogP contribution is -2.71. The van der Waals surface area contributed by atoms with E-state index in [2.05, 4.69) is 0 Å². The number of rotatable bonds is 6. The highest BCUT2D eigenvalue weighted by Crippen LogP contribution is 2.46. The maximum Gasteiger partial charge on any atom is 0.421 e. The average Bonchev–Trinajstić information content (AvgIpc) is 2.37. The van der Waals surface area contributed by atoms with Gasteiger partial charge in [0.05, 0.1) is 0 Å². The fourth-order valence-corrected chi connectivity index (χ4v) is 0.979. The molecule has 0 bridgehead atoms. The van der Waals surface area contributed by atoms with Crippen LogP contribution in [0.25, 0.3) is 0 Å². The van der Waals surface area contributed by atoms with Crippen LogP contribution in [0.5, 0.6) is 0 Å². The standard InChI is InChI=1S/C6HF7O7/c7-5(8,1(14)15)4(20-13,2(16)18-11)6(9,10)3(17)19-12/h(H,14,15). The summed E-state index contributed by atoms with van der Waals surface area (Å²) in [7, 11) is 0. The minimum Gasteiger partial charge on any atom is -0.477 e. The Hall–Kier alpha value is -2.12. The van der Waals surface area contributed by atoms with E-state index in [1.54, 1.807) is 4.94 Å². The van der Waals surface area contributed by atoms with Gasteiger partial charge in [-0.2, -0.15) is 22.5 Å². The van der Waals surface area contributed by atoms with Gasteiger partial charge in [0.25, 0.3) is 0 Å². The number of alkyl halides is 4. The van der Waals surface area contributed by atoms with Crippen LogP contribution < -0.4 is 0 Å². The summed E-state index contributed by atoms with van der Waals surface area (Å²) in [5.74, 6) is -23.6. The lowest BCUT2D eigenvalue weighted by atomic mass is 9.88. The Labute approximate surface area is 102 Å². The summed E-state index contributed by atoms with van der Waals surface area (Å²) < 4.78 is 87.4. The van der Waals surface area contributed by atoms with Crippen molar-refractivity contribution in [2.75, 3.05) is 0 Å². The third-order valence-electron chi connectivity index (χ3n) is 1.95. The van der Waals surface area contributed by atoms with E-state index in [1.807, 2.05) is 9.88 Å². The second-order valence-electron chi connectivity index (χ2n) is 2.94. The van der Waals surface area contributed by atoms with Crippen LogP contribution in [0, 0.1) is 0 Å². The molecule has 1 atom stereocenters. The predicted octanol–water partition coefficient (Wildman–Crippen LogP) is 0.837. The zero-order valence-corrected chi connectivity index (χ0v) is 8.54. The Bertz CT molecular complexity index is 424. The van der Waals surface area contributed by atoms with Crippen molar-refractivity contribution >= 4 is 17.9 Å². The molecule has 14 heteroatoms. The quantitative estimate of drug-likeness (QED) is 0.724. The van der Waals surface area contributed by atoms with Crippen molar-refractivity contribution in [1.29, 1.82) is 0 Å². The highest BCUT2D eigenvalue weighted by molar-refractivity contribution is 5.97. The first-order valence-electron chi connectivity index (χ1n) is 3.92. The van der Waals surface area contributed by atoms with Crippen molar-refractivity contribution in [2.45, 2.75) is 17.4 Å². The molecule has 0 amide bonds. The Morgan fingerprint density at radius 1 is 0.800 bits per heavy atom. The van der Waals surface area contributed by atoms with Crippen molar-refractivity contribution in [1.82, 2.24) is 0 Å². The van der Waals surface area contributed by atoms with Gasteiger partial charge in [0.15, 0.2) is 0 Å². The second kappa shape index (κ2) is 5.48. The van der Waals surface area contributed by atoms with Crippen LogP contribution in [0.4, 0.5) is 31.1 Å². The summed E-state index contributed by atoms with van der Waals surface area (Å²) in [4.78, 5) is 36.5. The van der Waals surface area contributed by atoms with Crippen LogP contribution in [0.15, 0.2) is 0 Å². The van der Waals surface area contributed by atoms with E-state index in [0.717, 1.165) is 0 Å². The molecular weight excluding hydrogens is 317 g/mol. The number of carboxylic acids is 1. The molecule has 0 aliphatic carbocycles. The zero-order valence-electron chi connectivity index (χ0n) is 8.54.